The van der Waals surface area contributed by atoms with Gasteiger partial charge in [-0.15, -0.1) is 0 Å². The largest absolute Gasteiger partial charge is 0.476 e. The zero-order chi connectivity index (χ0) is 14.0. The van der Waals surface area contributed by atoms with E-state index in [4.69, 9.17) is 10.2 Å². The van der Waals surface area contributed by atoms with Gasteiger partial charge in [0.1, 0.15) is 0 Å². The average Bonchev–Trinajstić information content (AvgIpc) is 2.76. The number of nitrogens with zero attached hydrogens (tertiary/aromatic N) is 2. The van der Waals surface area contributed by atoms with Crippen molar-refractivity contribution in [1.29, 1.82) is 0 Å². The molecule has 2 rings (SSSR count). The lowest BCUT2D eigenvalue weighted by Crippen LogP contribution is -2.13. The molecule has 0 aliphatic carbocycles. The Labute approximate surface area is 121 Å². The Bertz CT molecular complexity index is 634. The number of hydrogen-bond donors (Lipinski definition) is 2. The second-order valence-corrected chi connectivity index (χ2v) is 5.05. The molecule has 2 aromatic rings. The lowest BCUT2D eigenvalue weighted by Gasteiger charge is -2.06. The fourth-order valence-corrected chi connectivity index (χ4v) is 2.03. The number of benzene rings is 1. The molecular formula is C12H9IN2O4. The fraction of sp³-hybridized carbons (Fsp3) is 0.0833. The number of carboxylic acids is 2. The zero-order valence-electron chi connectivity index (χ0n) is 9.58. The van der Waals surface area contributed by atoms with Crippen molar-refractivity contribution in [2.45, 2.75) is 6.54 Å². The van der Waals surface area contributed by atoms with Crippen LogP contribution >= 0.6 is 22.6 Å². The van der Waals surface area contributed by atoms with E-state index in [2.05, 4.69) is 27.6 Å². The van der Waals surface area contributed by atoms with Gasteiger partial charge in [0.05, 0.1) is 6.33 Å². The van der Waals surface area contributed by atoms with Crippen LogP contribution in [-0.2, 0) is 6.54 Å². The fourth-order valence-electron chi connectivity index (χ4n) is 1.67. The molecule has 0 amide bonds. The van der Waals surface area contributed by atoms with E-state index in [1.165, 1.54) is 10.9 Å². The van der Waals surface area contributed by atoms with Crippen molar-refractivity contribution < 1.29 is 19.8 Å². The summed E-state index contributed by atoms with van der Waals surface area (Å²) in [7, 11) is 0. The summed E-state index contributed by atoms with van der Waals surface area (Å²) in [5.74, 6) is -2.65. The first kappa shape index (κ1) is 13.5. The van der Waals surface area contributed by atoms with E-state index in [-0.39, 0.29) is 12.2 Å². The number of imidazole rings is 1. The molecule has 6 nitrogen and oxygen atoms in total. The van der Waals surface area contributed by atoms with E-state index in [1.54, 1.807) is 0 Å². The van der Waals surface area contributed by atoms with E-state index >= 15 is 0 Å². The summed E-state index contributed by atoms with van der Waals surface area (Å²) < 4.78 is 2.38. The van der Waals surface area contributed by atoms with Crippen molar-refractivity contribution in [2.24, 2.45) is 0 Å². The first-order valence-electron chi connectivity index (χ1n) is 5.25. The summed E-state index contributed by atoms with van der Waals surface area (Å²) in [6.07, 6.45) is 1.23. The average molecular weight is 372 g/mol. The van der Waals surface area contributed by atoms with Gasteiger partial charge in [-0.2, -0.15) is 0 Å². The van der Waals surface area contributed by atoms with Crippen molar-refractivity contribution in [1.82, 2.24) is 9.55 Å². The van der Waals surface area contributed by atoms with Crippen LogP contribution < -0.4 is 0 Å². The summed E-state index contributed by atoms with van der Waals surface area (Å²) in [6.45, 7) is 0.263. The predicted molar refractivity (Wildman–Crippen MR) is 74.4 cm³/mol. The molecule has 0 bridgehead atoms. The Kier molecular flexibility index (Phi) is 3.84. The standard InChI is InChI=1S/C12H9IN2O4/c13-8-3-1-7(2-4-8)5-15-6-14-9(11(16)17)10(15)12(18)19/h1-4,6H,5H2,(H,16,17)(H,18,19). The van der Waals surface area contributed by atoms with Gasteiger partial charge in [0.15, 0.2) is 11.4 Å². The summed E-state index contributed by atoms with van der Waals surface area (Å²) in [5.41, 5.74) is 0.112. The first-order chi connectivity index (χ1) is 8.99. The first-order valence-corrected chi connectivity index (χ1v) is 6.33. The van der Waals surface area contributed by atoms with Gasteiger partial charge in [0.2, 0.25) is 0 Å². The smallest absolute Gasteiger partial charge is 0.357 e. The molecule has 98 valence electrons. The predicted octanol–water partition coefficient (Wildman–Crippen LogP) is 1.93. The van der Waals surface area contributed by atoms with Gasteiger partial charge in [0, 0.05) is 10.1 Å². The molecule has 0 atom stereocenters. The van der Waals surface area contributed by atoms with E-state index in [1.807, 2.05) is 24.3 Å². The van der Waals surface area contributed by atoms with Gasteiger partial charge in [-0.3, -0.25) is 0 Å². The number of carboxylic acid groups (broad SMARTS) is 2. The molecule has 1 heterocycles. The maximum absolute atomic E-state index is 11.1. The molecule has 0 saturated heterocycles. The third-order valence-electron chi connectivity index (χ3n) is 2.51. The minimum absolute atomic E-state index is 0.263. The summed E-state index contributed by atoms with van der Waals surface area (Å²) in [4.78, 5) is 25.7. The molecule has 2 N–H and O–H groups in total. The van der Waals surface area contributed by atoms with Gasteiger partial charge in [-0.25, -0.2) is 14.6 Å². The minimum Gasteiger partial charge on any atom is -0.476 e. The summed E-state index contributed by atoms with van der Waals surface area (Å²) >= 11 is 2.17. The number of halogens is 1. The molecule has 0 aliphatic heterocycles. The molecule has 1 aromatic heterocycles. The Morgan fingerprint density at radius 3 is 2.32 bits per heavy atom. The second-order valence-electron chi connectivity index (χ2n) is 3.81. The second kappa shape index (κ2) is 5.39. The highest BCUT2D eigenvalue weighted by molar-refractivity contribution is 14.1. The van der Waals surface area contributed by atoms with E-state index < -0.39 is 17.6 Å². The number of hydrogen-bond acceptors (Lipinski definition) is 3. The highest BCUT2D eigenvalue weighted by Crippen LogP contribution is 2.13. The van der Waals surface area contributed by atoms with Gasteiger partial charge >= 0.3 is 11.9 Å². The maximum Gasteiger partial charge on any atom is 0.357 e. The molecule has 0 unspecified atom stereocenters. The SMILES string of the molecule is O=C(O)c1ncn(Cc2ccc(I)cc2)c1C(=O)O. The molecule has 19 heavy (non-hydrogen) atoms. The van der Waals surface area contributed by atoms with Crippen LogP contribution in [0.25, 0.3) is 0 Å². The lowest BCUT2D eigenvalue weighted by atomic mass is 10.2. The van der Waals surface area contributed by atoms with Crippen molar-refractivity contribution in [3.05, 3.63) is 51.1 Å². The Morgan fingerprint density at radius 2 is 1.79 bits per heavy atom. The van der Waals surface area contributed by atoms with Crippen LogP contribution in [0, 0.1) is 3.57 Å². The van der Waals surface area contributed by atoms with Gasteiger partial charge in [0.25, 0.3) is 0 Å². The highest BCUT2D eigenvalue weighted by Gasteiger charge is 2.22. The van der Waals surface area contributed by atoms with Crippen LogP contribution in [0.15, 0.2) is 30.6 Å². The van der Waals surface area contributed by atoms with Crippen molar-refractivity contribution in [3.8, 4) is 0 Å². The van der Waals surface area contributed by atoms with Crippen molar-refractivity contribution in [3.63, 3.8) is 0 Å². The van der Waals surface area contributed by atoms with Crippen LogP contribution in [0.2, 0.25) is 0 Å². The number of carbonyl (C=O) groups is 2. The van der Waals surface area contributed by atoms with E-state index in [0.29, 0.717) is 0 Å². The molecule has 0 aliphatic rings. The number of rotatable bonds is 4. The van der Waals surface area contributed by atoms with Crippen LogP contribution in [0.1, 0.15) is 26.5 Å². The van der Waals surface area contributed by atoms with Crippen molar-refractivity contribution in [2.75, 3.05) is 0 Å². The molecule has 0 saturated carbocycles. The maximum atomic E-state index is 11.1. The van der Waals surface area contributed by atoms with Crippen LogP contribution in [-0.4, -0.2) is 31.7 Å². The van der Waals surface area contributed by atoms with E-state index in [0.717, 1.165) is 9.13 Å². The summed E-state index contributed by atoms with van der Waals surface area (Å²) in [5, 5.41) is 18.0. The third-order valence-corrected chi connectivity index (χ3v) is 3.23. The number of aromatic nitrogens is 2. The molecule has 0 radical (unpaired) electrons. The Balaban J connectivity index is 2.37. The molecule has 1 aromatic carbocycles. The number of aromatic carboxylic acids is 2. The van der Waals surface area contributed by atoms with Crippen LogP contribution in [0.5, 0.6) is 0 Å². The quantitative estimate of drug-likeness (QED) is 0.801. The summed E-state index contributed by atoms with van der Waals surface area (Å²) in [6, 6.07) is 7.50. The lowest BCUT2D eigenvalue weighted by molar-refractivity contribution is 0.0640. The molecule has 0 fully saturated rings. The van der Waals surface area contributed by atoms with Gasteiger partial charge < -0.3 is 14.8 Å². The highest BCUT2D eigenvalue weighted by atomic mass is 127. The molecule has 7 heteroatoms. The Morgan fingerprint density at radius 1 is 1.16 bits per heavy atom. The van der Waals surface area contributed by atoms with Crippen LogP contribution in [0.3, 0.4) is 0 Å². The van der Waals surface area contributed by atoms with Gasteiger partial charge in [-0.05, 0) is 40.3 Å². The monoisotopic (exact) mass is 372 g/mol. The van der Waals surface area contributed by atoms with Crippen LogP contribution in [0.4, 0.5) is 0 Å². The topological polar surface area (TPSA) is 92.4 Å². The van der Waals surface area contributed by atoms with E-state index in [9.17, 15) is 9.59 Å². The molecule has 0 spiro atoms. The van der Waals surface area contributed by atoms with Gasteiger partial charge in [-0.1, -0.05) is 12.1 Å². The van der Waals surface area contributed by atoms with Crippen molar-refractivity contribution >= 4 is 34.5 Å². The normalized spacial score (nSPS) is 10.4. The third kappa shape index (κ3) is 2.92. The molecular weight excluding hydrogens is 363 g/mol. The minimum atomic E-state index is -1.35. The zero-order valence-corrected chi connectivity index (χ0v) is 11.7. The Hall–Kier alpha value is -1.90.